The number of carbonyl (C=O) groups excluding carboxylic acids is 1. The molecule has 1 amide bonds. The van der Waals surface area contributed by atoms with Crippen molar-refractivity contribution in [1.29, 1.82) is 5.26 Å². The van der Waals surface area contributed by atoms with Gasteiger partial charge in [0.1, 0.15) is 0 Å². The lowest BCUT2D eigenvalue weighted by Crippen LogP contribution is -2.49. The van der Waals surface area contributed by atoms with E-state index in [1.54, 1.807) is 12.1 Å². The van der Waals surface area contributed by atoms with Crippen LogP contribution in [0.4, 0.5) is 18.9 Å². The van der Waals surface area contributed by atoms with E-state index < -0.39 is 11.7 Å². The van der Waals surface area contributed by atoms with Crippen LogP contribution in [0, 0.1) is 36.5 Å². The maximum Gasteiger partial charge on any atom is 0.417 e. The number of ether oxygens (including phenoxy) is 1. The zero-order chi connectivity index (χ0) is 25.4. The Labute approximate surface area is 204 Å². The summed E-state index contributed by atoms with van der Waals surface area (Å²) in [5.41, 5.74) is 1.62. The average Bonchev–Trinajstić information content (AvgIpc) is 3.20. The third-order valence-electron chi connectivity index (χ3n) is 7.42. The monoisotopic (exact) mass is 485 g/mol. The fourth-order valence-corrected chi connectivity index (χ4v) is 5.50. The topological polar surface area (TPSA) is 56.6 Å². The minimum Gasteiger partial charge on any atom is -0.381 e. The van der Waals surface area contributed by atoms with Crippen LogP contribution < -0.4 is 4.90 Å². The van der Waals surface area contributed by atoms with Gasteiger partial charge >= 0.3 is 6.18 Å². The van der Waals surface area contributed by atoms with Crippen LogP contribution in [0.5, 0.6) is 0 Å². The summed E-state index contributed by atoms with van der Waals surface area (Å²) in [4.78, 5) is 17.3. The van der Waals surface area contributed by atoms with E-state index in [0.717, 1.165) is 17.2 Å². The highest BCUT2D eigenvalue weighted by Gasteiger charge is 2.51. The van der Waals surface area contributed by atoms with Crippen LogP contribution in [0.2, 0.25) is 0 Å². The van der Waals surface area contributed by atoms with E-state index in [4.69, 9.17) is 10.00 Å². The van der Waals surface area contributed by atoms with Crippen molar-refractivity contribution < 1.29 is 22.7 Å². The number of aryl methyl sites for hydroxylation is 2. The van der Waals surface area contributed by atoms with Gasteiger partial charge in [0.05, 0.1) is 23.8 Å². The predicted octanol–water partition coefficient (Wildman–Crippen LogP) is 5.20. The fraction of sp³-hybridized carbons (Fsp3) is 0.481. The van der Waals surface area contributed by atoms with Crippen molar-refractivity contribution in [3.8, 4) is 6.07 Å². The largest absolute Gasteiger partial charge is 0.417 e. The Kier molecular flexibility index (Phi) is 6.83. The molecule has 0 N–H and O–H groups in total. The SMILES string of the molecule is CCOC[C@@]12CCN(c3ccc(C#N)c(C(F)(F)F)c3)C[C@@H]1CN(C(=O)c1ccc(C)cc1C)C2. The molecule has 35 heavy (non-hydrogen) atoms. The molecule has 0 aromatic heterocycles. The van der Waals surface area contributed by atoms with Gasteiger partial charge in [0.15, 0.2) is 0 Å². The Hall–Kier alpha value is -3.05. The first-order valence-electron chi connectivity index (χ1n) is 11.9. The van der Waals surface area contributed by atoms with E-state index in [9.17, 15) is 18.0 Å². The van der Waals surface area contributed by atoms with E-state index in [1.807, 2.05) is 48.8 Å². The summed E-state index contributed by atoms with van der Waals surface area (Å²) in [6, 6.07) is 11.3. The molecule has 186 valence electrons. The van der Waals surface area contributed by atoms with E-state index in [2.05, 4.69) is 0 Å². The van der Waals surface area contributed by atoms with Crippen molar-refractivity contribution in [3.63, 3.8) is 0 Å². The summed E-state index contributed by atoms with van der Waals surface area (Å²) in [5, 5.41) is 9.12. The van der Waals surface area contributed by atoms with Crippen LogP contribution in [0.3, 0.4) is 0 Å². The Morgan fingerprint density at radius 3 is 2.63 bits per heavy atom. The minimum atomic E-state index is -4.60. The number of hydrogen-bond donors (Lipinski definition) is 0. The van der Waals surface area contributed by atoms with Crippen molar-refractivity contribution in [2.75, 3.05) is 44.3 Å². The van der Waals surface area contributed by atoms with Crippen molar-refractivity contribution in [1.82, 2.24) is 4.90 Å². The summed E-state index contributed by atoms with van der Waals surface area (Å²) in [7, 11) is 0. The van der Waals surface area contributed by atoms with Gasteiger partial charge in [-0.05, 0) is 57.0 Å². The first-order chi connectivity index (χ1) is 16.6. The summed E-state index contributed by atoms with van der Waals surface area (Å²) in [5.74, 6) is 0.0412. The second-order valence-electron chi connectivity index (χ2n) is 9.74. The molecule has 2 aromatic carbocycles. The van der Waals surface area contributed by atoms with Crippen molar-refractivity contribution in [2.45, 2.75) is 33.4 Å². The average molecular weight is 486 g/mol. The molecule has 0 spiro atoms. The zero-order valence-corrected chi connectivity index (χ0v) is 20.3. The molecule has 0 aliphatic carbocycles. The molecule has 8 heteroatoms. The molecule has 2 atom stereocenters. The highest BCUT2D eigenvalue weighted by molar-refractivity contribution is 5.96. The number of likely N-dealkylation sites (tertiary alicyclic amines) is 1. The summed E-state index contributed by atoms with van der Waals surface area (Å²) < 4.78 is 46.4. The van der Waals surface area contributed by atoms with Gasteiger partial charge in [0, 0.05) is 55.4 Å². The number of halogens is 3. The van der Waals surface area contributed by atoms with Gasteiger partial charge in [-0.25, -0.2) is 0 Å². The molecule has 2 fully saturated rings. The van der Waals surface area contributed by atoms with Crippen molar-refractivity contribution >= 4 is 11.6 Å². The quantitative estimate of drug-likeness (QED) is 0.584. The first-order valence-corrected chi connectivity index (χ1v) is 11.9. The molecule has 2 heterocycles. The lowest BCUT2D eigenvalue weighted by atomic mass is 9.73. The highest BCUT2D eigenvalue weighted by atomic mass is 19.4. The van der Waals surface area contributed by atoms with Gasteiger partial charge in [-0.1, -0.05) is 17.7 Å². The molecule has 0 radical (unpaired) electrons. The van der Waals surface area contributed by atoms with E-state index in [0.29, 0.717) is 57.1 Å². The predicted molar refractivity (Wildman–Crippen MR) is 127 cm³/mol. The van der Waals surface area contributed by atoms with Gasteiger partial charge in [-0.3, -0.25) is 4.79 Å². The lowest BCUT2D eigenvalue weighted by molar-refractivity contribution is -0.137. The van der Waals surface area contributed by atoms with E-state index in [-0.39, 0.29) is 22.8 Å². The number of alkyl halides is 3. The van der Waals surface area contributed by atoms with Gasteiger partial charge in [0.25, 0.3) is 5.91 Å². The van der Waals surface area contributed by atoms with Crippen LogP contribution in [0.15, 0.2) is 36.4 Å². The summed E-state index contributed by atoms with van der Waals surface area (Å²) in [6.45, 7) is 9.11. The standard InChI is InChI=1S/C27H30F3N3O2/c1-4-35-17-26-9-10-32(22-7-6-20(13-31)24(12-22)27(28,29)30)14-21(26)15-33(16-26)25(34)23-8-5-18(2)11-19(23)3/h5-8,11-12,21H,4,9-10,14-17H2,1-3H3/t21-,26+/m1/s1. The number of hydrogen-bond acceptors (Lipinski definition) is 4. The number of benzene rings is 2. The van der Waals surface area contributed by atoms with Gasteiger partial charge in [-0.2, -0.15) is 18.4 Å². The second-order valence-corrected chi connectivity index (χ2v) is 9.74. The van der Waals surface area contributed by atoms with Gasteiger partial charge < -0.3 is 14.5 Å². The van der Waals surface area contributed by atoms with E-state index >= 15 is 0 Å². The van der Waals surface area contributed by atoms with Gasteiger partial charge in [0.2, 0.25) is 0 Å². The van der Waals surface area contributed by atoms with E-state index in [1.165, 1.54) is 6.07 Å². The van der Waals surface area contributed by atoms with Crippen LogP contribution in [-0.2, 0) is 10.9 Å². The molecular weight excluding hydrogens is 455 g/mol. The van der Waals surface area contributed by atoms with Gasteiger partial charge in [-0.15, -0.1) is 0 Å². The van der Waals surface area contributed by atoms with Crippen LogP contribution >= 0.6 is 0 Å². The molecule has 0 bridgehead atoms. The maximum absolute atomic E-state index is 13.5. The lowest BCUT2D eigenvalue weighted by Gasteiger charge is -2.44. The third kappa shape index (κ3) is 4.87. The molecule has 2 aromatic rings. The number of nitrogens with zero attached hydrogens (tertiary/aromatic N) is 3. The summed E-state index contributed by atoms with van der Waals surface area (Å²) in [6.07, 6.45) is -3.90. The number of carbonyl (C=O) groups is 1. The molecule has 0 saturated carbocycles. The Balaban J connectivity index is 1.60. The molecule has 2 aliphatic rings. The number of rotatable bonds is 5. The Morgan fingerprint density at radius 2 is 1.97 bits per heavy atom. The number of amides is 1. The number of anilines is 1. The minimum absolute atomic E-state index is 0.0166. The third-order valence-corrected chi connectivity index (χ3v) is 7.42. The number of fused-ring (bicyclic) bond motifs is 1. The molecule has 0 unspecified atom stereocenters. The molecule has 5 nitrogen and oxygen atoms in total. The van der Waals surface area contributed by atoms with Crippen molar-refractivity contribution in [3.05, 3.63) is 64.2 Å². The molecular formula is C27H30F3N3O2. The molecule has 4 rings (SSSR count). The number of nitriles is 1. The first kappa shape index (κ1) is 25.1. The molecule has 2 saturated heterocycles. The Morgan fingerprint density at radius 1 is 1.20 bits per heavy atom. The summed E-state index contributed by atoms with van der Waals surface area (Å²) >= 11 is 0. The number of piperidine rings is 1. The normalized spacial score (nSPS) is 22.1. The second kappa shape index (κ2) is 9.54. The fourth-order valence-electron chi connectivity index (χ4n) is 5.50. The van der Waals surface area contributed by atoms with Crippen LogP contribution in [-0.4, -0.2) is 50.2 Å². The van der Waals surface area contributed by atoms with Crippen LogP contribution in [0.25, 0.3) is 0 Å². The van der Waals surface area contributed by atoms with Crippen molar-refractivity contribution in [2.24, 2.45) is 11.3 Å². The van der Waals surface area contributed by atoms with Crippen LogP contribution in [0.1, 0.15) is 46.0 Å². The molecule has 2 aliphatic heterocycles. The Bertz CT molecular complexity index is 1160. The smallest absolute Gasteiger partial charge is 0.381 e. The highest BCUT2D eigenvalue weighted by Crippen LogP contribution is 2.45. The zero-order valence-electron chi connectivity index (χ0n) is 20.3. The maximum atomic E-state index is 13.5.